The zero-order chi connectivity index (χ0) is 10.2. The van der Waals surface area contributed by atoms with Gasteiger partial charge in [0.2, 0.25) is 11.8 Å². The van der Waals surface area contributed by atoms with Crippen molar-refractivity contribution < 1.29 is 9.59 Å². The van der Waals surface area contributed by atoms with Gasteiger partial charge in [0, 0.05) is 12.5 Å². The van der Waals surface area contributed by atoms with Crippen molar-refractivity contribution >= 4 is 11.8 Å². The number of carbonyl (C=O) groups is 2. The number of nitrogens with zero attached hydrogens (tertiary/aromatic N) is 1. The predicted molar refractivity (Wildman–Crippen MR) is 48.7 cm³/mol. The molecule has 0 radical (unpaired) electrons. The molecule has 0 aromatic rings. The van der Waals surface area contributed by atoms with E-state index in [1.165, 1.54) is 0 Å². The van der Waals surface area contributed by atoms with E-state index in [9.17, 15) is 9.59 Å². The molecule has 1 fully saturated rings. The van der Waals surface area contributed by atoms with Crippen molar-refractivity contribution in [3.8, 4) is 0 Å². The van der Waals surface area contributed by atoms with Crippen LogP contribution >= 0.6 is 0 Å². The van der Waals surface area contributed by atoms with E-state index >= 15 is 0 Å². The molecule has 4 heteroatoms. The van der Waals surface area contributed by atoms with Crippen molar-refractivity contribution in [2.45, 2.75) is 39.3 Å². The molecule has 1 saturated heterocycles. The van der Waals surface area contributed by atoms with Crippen LogP contribution < -0.4 is 5.73 Å². The Morgan fingerprint density at radius 3 is 2.46 bits per heavy atom. The third-order valence-corrected chi connectivity index (χ3v) is 2.88. The molecule has 74 valence electrons. The number of amides is 2. The van der Waals surface area contributed by atoms with Crippen LogP contribution in [0.25, 0.3) is 0 Å². The van der Waals surface area contributed by atoms with Crippen LogP contribution in [0, 0.1) is 5.92 Å². The Morgan fingerprint density at radius 1 is 1.62 bits per heavy atom. The van der Waals surface area contributed by atoms with E-state index in [1.54, 1.807) is 11.8 Å². The first-order valence-corrected chi connectivity index (χ1v) is 4.55. The lowest BCUT2D eigenvalue weighted by atomic mass is 10.0. The molecule has 1 aliphatic heterocycles. The van der Waals surface area contributed by atoms with Crippen LogP contribution in [0.2, 0.25) is 0 Å². The fraction of sp³-hybridized carbons (Fsp3) is 0.778. The molecule has 0 aliphatic carbocycles. The van der Waals surface area contributed by atoms with Crippen molar-refractivity contribution in [3.63, 3.8) is 0 Å². The summed E-state index contributed by atoms with van der Waals surface area (Å²) in [6, 6.07) is -0.359. The number of primary amides is 1. The van der Waals surface area contributed by atoms with Crippen molar-refractivity contribution in [3.05, 3.63) is 0 Å². The molecular weight excluding hydrogens is 168 g/mol. The van der Waals surface area contributed by atoms with E-state index in [-0.39, 0.29) is 11.9 Å². The minimum atomic E-state index is -0.479. The Morgan fingerprint density at radius 2 is 2.15 bits per heavy atom. The summed E-state index contributed by atoms with van der Waals surface area (Å²) in [6.45, 7) is 5.64. The second-order valence-electron chi connectivity index (χ2n) is 3.80. The van der Waals surface area contributed by atoms with E-state index in [0.29, 0.717) is 12.3 Å². The molecular formula is C9H16N2O2. The monoisotopic (exact) mass is 184 g/mol. The highest BCUT2D eigenvalue weighted by molar-refractivity contribution is 5.87. The standard InChI is InChI=1S/C9H16N2O2/c1-5-4-8(12)11(6(5)2)7(3)9(10)13/h5-7H,4H2,1-3H3,(H2,10,13). The lowest BCUT2D eigenvalue weighted by molar-refractivity contribution is -0.136. The summed E-state index contributed by atoms with van der Waals surface area (Å²) in [4.78, 5) is 24.0. The van der Waals surface area contributed by atoms with E-state index < -0.39 is 11.9 Å². The third kappa shape index (κ3) is 1.66. The minimum absolute atomic E-state index is 0.0336. The normalized spacial score (nSPS) is 30.7. The molecule has 1 aliphatic rings. The molecule has 4 nitrogen and oxygen atoms in total. The van der Waals surface area contributed by atoms with Crippen molar-refractivity contribution in [2.75, 3.05) is 0 Å². The second-order valence-corrected chi connectivity index (χ2v) is 3.80. The van der Waals surface area contributed by atoms with Gasteiger partial charge in [0.25, 0.3) is 0 Å². The van der Waals surface area contributed by atoms with Crippen LogP contribution in [0.1, 0.15) is 27.2 Å². The maximum absolute atomic E-state index is 11.5. The molecule has 13 heavy (non-hydrogen) atoms. The van der Waals surface area contributed by atoms with Gasteiger partial charge in [-0.2, -0.15) is 0 Å². The van der Waals surface area contributed by atoms with Crippen LogP contribution in [-0.4, -0.2) is 28.8 Å². The molecule has 0 aromatic carbocycles. The van der Waals surface area contributed by atoms with Gasteiger partial charge in [-0.25, -0.2) is 0 Å². The SMILES string of the molecule is CC1CC(=O)N(C(C)C(N)=O)C1C. The summed E-state index contributed by atoms with van der Waals surface area (Å²) in [5, 5.41) is 0. The molecule has 1 rings (SSSR count). The summed E-state index contributed by atoms with van der Waals surface area (Å²) in [5.74, 6) is -0.0881. The molecule has 0 aromatic heterocycles. The lowest BCUT2D eigenvalue weighted by Gasteiger charge is -2.27. The van der Waals surface area contributed by atoms with Gasteiger partial charge in [-0.3, -0.25) is 9.59 Å². The van der Waals surface area contributed by atoms with Crippen LogP contribution in [0.15, 0.2) is 0 Å². The van der Waals surface area contributed by atoms with E-state index in [0.717, 1.165) is 0 Å². The number of nitrogens with two attached hydrogens (primary N) is 1. The van der Waals surface area contributed by atoms with Crippen LogP contribution in [-0.2, 0) is 9.59 Å². The zero-order valence-electron chi connectivity index (χ0n) is 8.28. The first-order chi connectivity index (χ1) is 5.95. The number of likely N-dealkylation sites (tertiary alicyclic amines) is 1. The maximum Gasteiger partial charge on any atom is 0.239 e. The topological polar surface area (TPSA) is 63.4 Å². The largest absolute Gasteiger partial charge is 0.368 e. The molecule has 0 spiro atoms. The first-order valence-electron chi connectivity index (χ1n) is 4.55. The summed E-state index contributed by atoms with van der Waals surface area (Å²) in [7, 11) is 0. The number of carbonyl (C=O) groups excluding carboxylic acids is 2. The number of rotatable bonds is 2. The summed E-state index contributed by atoms with van der Waals surface area (Å²) in [5.41, 5.74) is 5.15. The van der Waals surface area contributed by atoms with Gasteiger partial charge >= 0.3 is 0 Å². The van der Waals surface area contributed by atoms with Crippen LogP contribution in [0.5, 0.6) is 0 Å². The fourth-order valence-electron chi connectivity index (χ4n) is 1.76. The average Bonchev–Trinajstić information content (AvgIpc) is 2.26. The van der Waals surface area contributed by atoms with Crippen LogP contribution in [0.4, 0.5) is 0 Å². The van der Waals surface area contributed by atoms with Gasteiger partial charge in [-0.1, -0.05) is 6.92 Å². The summed E-state index contributed by atoms with van der Waals surface area (Å²) >= 11 is 0. The van der Waals surface area contributed by atoms with Gasteiger partial charge in [0.15, 0.2) is 0 Å². The van der Waals surface area contributed by atoms with Gasteiger partial charge in [0.1, 0.15) is 6.04 Å². The minimum Gasteiger partial charge on any atom is -0.368 e. The van der Waals surface area contributed by atoms with E-state index in [2.05, 4.69) is 0 Å². The Labute approximate surface area is 78.1 Å². The molecule has 3 atom stereocenters. The molecule has 2 amide bonds. The van der Waals surface area contributed by atoms with Gasteiger partial charge in [-0.15, -0.1) is 0 Å². The third-order valence-electron chi connectivity index (χ3n) is 2.88. The first kappa shape index (κ1) is 10.0. The molecule has 0 bridgehead atoms. The highest BCUT2D eigenvalue weighted by Gasteiger charge is 2.38. The predicted octanol–water partition coefficient (Wildman–Crippen LogP) is 0.117. The van der Waals surface area contributed by atoms with E-state index in [1.807, 2.05) is 13.8 Å². The number of hydrogen-bond acceptors (Lipinski definition) is 2. The maximum atomic E-state index is 11.5. The molecule has 0 saturated carbocycles. The van der Waals surface area contributed by atoms with Crippen molar-refractivity contribution in [2.24, 2.45) is 11.7 Å². The van der Waals surface area contributed by atoms with Gasteiger partial charge in [0.05, 0.1) is 0 Å². The second kappa shape index (κ2) is 3.36. The lowest BCUT2D eigenvalue weighted by Crippen LogP contribution is -2.47. The fourth-order valence-corrected chi connectivity index (χ4v) is 1.76. The van der Waals surface area contributed by atoms with E-state index in [4.69, 9.17) is 5.73 Å². The zero-order valence-corrected chi connectivity index (χ0v) is 8.28. The smallest absolute Gasteiger partial charge is 0.239 e. The molecule has 1 heterocycles. The number of hydrogen-bond donors (Lipinski definition) is 1. The van der Waals surface area contributed by atoms with Gasteiger partial charge < -0.3 is 10.6 Å². The molecule has 2 N–H and O–H groups in total. The Bertz CT molecular complexity index is 240. The summed E-state index contributed by atoms with van der Waals surface area (Å²) < 4.78 is 0. The summed E-state index contributed by atoms with van der Waals surface area (Å²) in [6.07, 6.45) is 0.527. The van der Waals surface area contributed by atoms with Crippen molar-refractivity contribution in [1.82, 2.24) is 4.90 Å². The molecule has 3 unspecified atom stereocenters. The average molecular weight is 184 g/mol. The Hall–Kier alpha value is -1.06. The quantitative estimate of drug-likeness (QED) is 0.662. The highest BCUT2D eigenvalue weighted by Crippen LogP contribution is 2.26. The van der Waals surface area contributed by atoms with Crippen molar-refractivity contribution in [1.29, 1.82) is 0 Å². The van der Waals surface area contributed by atoms with Gasteiger partial charge in [-0.05, 0) is 19.8 Å². The Balaban J connectivity index is 2.79. The highest BCUT2D eigenvalue weighted by atomic mass is 16.2. The van der Waals surface area contributed by atoms with Crippen LogP contribution in [0.3, 0.4) is 0 Å². The Kier molecular flexibility index (Phi) is 2.59.